The smallest absolute Gasteiger partial charge is 0.387 e. The molecule has 0 fully saturated rings. The molecule has 8 heteroatoms. The first-order chi connectivity index (χ1) is 11.2. The van der Waals surface area contributed by atoms with E-state index in [-0.39, 0.29) is 35.3 Å². The number of rotatable bonds is 7. The minimum absolute atomic E-state index is 0. The van der Waals surface area contributed by atoms with Gasteiger partial charge < -0.3 is 20.3 Å². The van der Waals surface area contributed by atoms with Gasteiger partial charge in [-0.2, -0.15) is 8.78 Å². The molecule has 0 aliphatic rings. The molecule has 5 nitrogen and oxygen atoms in total. The Kier molecular flexibility index (Phi) is 10.2. The monoisotopic (exact) mass is 470 g/mol. The van der Waals surface area contributed by atoms with Gasteiger partial charge in [-0.1, -0.05) is 17.7 Å². The quantitative estimate of drug-likeness (QED) is 0.365. The lowest BCUT2D eigenvalue weighted by Crippen LogP contribution is -2.50. The Morgan fingerprint density at radius 1 is 1.28 bits per heavy atom. The summed E-state index contributed by atoms with van der Waals surface area (Å²) in [6.07, 6.45) is 0. The van der Waals surface area contributed by atoms with Gasteiger partial charge in [-0.3, -0.25) is 4.99 Å². The van der Waals surface area contributed by atoms with Crippen LogP contribution in [0, 0.1) is 6.92 Å². The average Bonchev–Trinajstić information content (AvgIpc) is 2.49. The number of alkyl halides is 2. The van der Waals surface area contributed by atoms with E-state index in [2.05, 4.69) is 39.1 Å². The predicted octanol–water partition coefficient (Wildman–Crippen LogP) is 3.22. The molecule has 144 valence electrons. The van der Waals surface area contributed by atoms with Crippen LogP contribution < -0.4 is 15.4 Å². The number of aryl methyl sites for hydroxylation is 1. The highest BCUT2D eigenvalue weighted by Gasteiger charge is 2.20. The third kappa shape index (κ3) is 8.17. The molecule has 0 aromatic heterocycles. The molecule has 1 rings (SSSR count). The maximum Gasteiger partial charge on any atom is 0.387 e. The Morgan fingerprint density at radius 3 is 2.44 bits per heavy atom. The molecule has 0 heterocycles. The van der Waals surface area contributed by atoms with Crippen LogP contribution in [0.3, 0.4) is 0 Å². The van der Waals surface area contributed by atoms with Crippen LogP contribution in [0.2, 0.25) is 0 Å². The Labute approximate surface area is 166 Å². The molecule has 1 aromatic carbocycles. The summed E-state index contributed by atoms with van der Waals surface area (Å²) in [4.78, 5) is 6.28. The zero-order valence-electron chi connectivity index (χ0n) is 15.7. The largest absolute Gasteiger partial charge is 0.434 e. The van der Waals surface area contributed by atoms with Crippen molar-refractivity contribution in [3.8, 4) is 5.75 Å². The lowest BCUT2D eigenvalue weighted by molar-refractivity contribution is -0.0504. The summed E-state index contributed by atoms with van der Waals surface area (Å²) in [6, 6.07) is 5.12. The lowest BCUT2D eigenvalue weighted by Gasteiger charge is -2.33. The standard InChI is InChI=1S/C17H28F2N4O.HI/c1-12-7-8-14(24-15(18)19)13(9-12)10-21-16(20-4)22-11-17(2,3)23(5)6;/h7-9,15H,10-11H2,1-6H3,(H2,20,21,22);1H. The van der Waals surface area contributed by atoms with Crippen molar-refractivity contribution >= 4 is 29.9 Å². The third-order valence-electron chi connectivity index (χ3n) is 4.00. The van der Waals surface area contributed by atoms with Gasteiger partial charge in [-0.25, -0.2) is 0 Å². The van der Waals surface area contributed by atoms with Gasteiger partial charge in [0.1, 0.15) is 5.75 Å². The molecule has 0 bridgehead atoms. The van der Waals surface area contributed by atoms with Gasteiger partial charge in [0.25, 0.3) is 0 Å². The first kappa shape index (κ1) is 23.8. The van der Waals surface area contributed by atoms with Gasteiger partial charge in [0.2, 0.25) is 0 Å². The van der Waals surface area contributed by atoms with Gasteiger partial charge in [0, 0.05) is 31.2 Å². The summed E-state index contributed by atoms with van der Waals surface area (Å²) in [5.41, 5.74) is 1.58. The van der Waals surface area contributed by atoms with Crippen molar-refractivity contribution < 1.29 is 13.5 Å². The highest BCUT2D eigenvalue weighted by Crippen LogP contribution is 2.22. The topological polar surface area (TPSA) is 48.9 Å². The minimum Gasteiger partial charge on any atom is -0.434 e. The zero-order chi connectivity index (χ0) is 18.3. The Balaban J connectivity index is 0.00000576. The van der Waals surface area contributed by atoms with E-state index in [0.717, 1.165) is 5.56 Å². The second-order valence-corrected chi connectivity index (χ2v) is 6.48. The first-order valence-electron chi connectivity index (χ1n) is 7.82. The second-order valence-electron chi connectivity index (χ2n) is 6.48. The van der Waals surface area contributed by atoms with E-state index in [1.54, 1.807) is 19.2 Å². The number of benzene rings is 1. The lowest BCUT2D eigenvalue weighted by atomic mass is 10.0. The van der Waals surface area contributed by atoms with Crippen LogP contribution >= 0.6 is 24.0 Å². The maximum atomic E-state index is 12.5. The van der Waals surface area contributed by atoms with E-state index < -0.39 is 6.61 Å². The van der Waals surface area contributed by atoms with E-state index in [0.29, 0.717) is 24.6 Å². The van der Waals surface area contributed by atoms with Crippen LogP contribution in [-0.4, -0.2) is 50.7 Å². The first-order valence-corrected chi connectivity index (χ1v) is 7.82. The number of ether oxygens (including phenoxy) is 1. The highest BCUT2D eigenvalue weighted by molar-refractivity contribution is 14.0. The number of likely N-dealkylation sites (N-methyl/N-ethyl adjacent to an activating group) is 1. The van der Waals surface area contributed by atoms with Crippen molar-refractivity contribution in [2.75, 3.05) is 27.7 Å². The molecule has 0 amide bonds. The van der Waals surface area contributed by atoms with Gasteiger partial charge >= 0.3 is 6.61 Å². The molecule has 0 aliphatic heterocycles. The maximum absolute atomic E-state index is 12.5. The van der Waals surface area contributed by atoms with Gasteiger partial charge in [-0.05, 0) is 40.9 Å². The molecular formula is C17H29F2IN4O. The molecular weight excluding hydrogens is 441 g/mol. The summed E-state index contributed by atoms with van der Waals surface area (Å²) in [5, 5.41) is 6.38. The molecule has 25 heavy (non-hydrogen) atoms. The predicted molar refractivity (Wildman–Crippen MR) is 109 cm³/mol. The van der Waals surface area contributed by atoms with E-state index in [1.165, 1.54) is 0 Å². The van der Waals surface area contributed by atoms with Crippen LogP contribution in [0.1, 0.15) is 25.0 Å². The number of guanidine groups is 1. The highest BCUT2D eigenvalue weighted by atomic mass is 127. The number of aliphatic imine (C=N–C) groups is 1. The van der Waals surface area contributed by atoms with Crippen molar-refractivity contribution in [1.29, 1.82) is 0 Å². The van der Waals surface area contributed by atoms with E-state index in [4.69, 9.17) is 0 Å². The second kappa shape index (κ2) is 10.7. The molecule has 0 saturated heterocycles. The molecule has 0 unspecified atom stereocenters. The van der Waals surface area contributed by atoms with Crippen LogP contribution in [-0.2, 0) is 6.54 Å². The van der Waals surface area contributed by atoms with Crippen molar-refractivity contribution in [3.05, 3.63) is 29.3 Å². The van der Waals surface area contributed by atoms with Crippen LogP contribution in [0.15, 0.2) is 23.2 Å². The Morgan fingerprint density at radius 2 is 1.92 bits per heavy atom. The minimum atomic E-state index is -2.84. The number of hydrogen-bond acceptors (Lipinski definition) is 3. The van der Waals surface area contributed by atoms with E-state index in [9.17, 15) is 8.78 Å². The van der Waals surface area contributed by atoms with E-state index >= 15 is 0 Å². The third-order valence-corrected chi connectivity index (χ3v) is 4.00. The Hall–Kier alpha value is -1.16. The van der Waals surface area contributed by atoms with Gasteiger partial charge in [0.05, 0.1) is 0 Å². The van der Waals surface area contributed by atoms with Gasteiger partial charge in [-0.15, -0.1) is 24.0 Å². The van der Waals surface area contributed by atoms with Crippen LogP contribution in [0.5, 0.6) is 5.75 Å². The fourth-order valence-corrected chi connectivity index (χ4v) is 1.92. The average molecular weight is 470 g/mol. The number of hydrogen-bond donors (Lipinski definition) is 2. The molecule has 0 atom stereocenters. The summed E-state index contributed by atoms with van der Waals surface area (Å²) < 4.78 is 29.6. The zero-order valence-corrected chi connectivity index (χ0v) is 18.0. The number of nitrogens with one attached hydrogen (secondary N) is 2. The summed E-state index contributed by atoms with van der Waals surface area (Å²) in [7, 11) is 5.70. The normalized spacial score (nSPS) is 12.2. The van der Waals surface area contributed by atoms with Gasteiger partial charge in [0.15, 0.2) is 5.96 Å². The van der Waals surface area contributed by atoms with Crippen molar-refractivity contribution in [1.82, 2.24) is 15.5 Å². The SMILES string of the molecule is CN=C(NCc1cc(C)ccc1OC(F)F)NCC(C)(C)N(C)C.I. The summed E-state index contributed by atoms with van der Waals surface area (Å²) in [6.45, 7) is 4.32. The summed E-state index contributed by atoms with van der Waals surface area (Å²) >= 11 is 0. The molecule has 0 aliphatic carbocycles. The molecule has 0 spiro atoms. The number of halogens is 3. The Bertz CT molecular complexity index is 566. The number of nitrogens with zero attached hydrogens (tertiary/aromatic N) is 2. The molecule has 2 N–H and O–H groups in total. The molecule has 1 aromatic rings. The molecule has 0 saturated carbocycles. The van der Waals surface area contributed by atoms with Crippen LogP contribution in [0.25, 0.3) is 0 Å². The van der Waals surface area contributed by atoms with Crippen molar-refractivity contribution in [2.24, 2.45) is 4.99 Å². The fourth-order valence-electron chi connectivity index (χ4n) is 1.92. The molecule has 0 radical (unpaired) electrons. The van der Waals surface area contributed by atoms with Crippen LogP contribution in [0.4, 0.5) is 8.78 Å². The summed E-state index contributed by atoms with van der Waals surface area (Å²) in [5.74, 6) is 0.779. The van der Waals surface area contributed by atoms with Crippen molar-refractivity contribution in [2.45, 2.75) is 39.5 Å². The fraction of sp³-hybridized carbons (Fsp3) is 0.588. The van der Waals surface area contributed by atoms with Crippen molar-refractivity contribution in [3.63, 3.8) is 0 Å². The van der Waals surface area contributed by atoms with E-state index in [1.807, 2.05) is 27.1 Å².